The second-order valence-electron chi connectivity index (χ2n) is 5.08. The third kappa shape index (κ3) is 6.85. The molecule has 0 spiro atoms. The Morgan fingerprint density at radius 2 is 1.71 bits per heavy atom. The number of hydrogen-bond acceptors (Lipinski definition) is 3. The van der Waals surface area contributed by atoms with E-state index in [0.717, 1.165) is 0 Å². The molecular formula is C15H22FN3O2. The van der Waals surface area contributed by atoms with Crippen LogP contribution in [0.3, 0.4) is 0 Å². The number of anilines is 1. The number of carbonyl (C=O) groups is 2. The van der Waals surface area contributed by atoms with Gasteiger partial charge in [-0.2, -0.15) is 0 Å². The van der Waals surface area contributed by atoms with Gasteiger partial charge in [0.25, 0.3) is 0 Å². The highest BCUT2D eigenvalue weighted by Crippen LogP contribution is 2.08. The molecule has 0 radical (unpaired) electrons. The number of carbonyl (C=O) groups excluding carboxylic acids is 2. The monoisotopic (exact) mass is 295 g/mol. The molecule has 0 aliphatic rings. The van der Waals surface area contributed by atoms with Crippen LogP contribution in [0.4, 0.5) is 10.1 Å². The van der Waals surface area contributed by atoms with E-state index >= 15 is 0 Å². The van der Waals surface area contributed by atoms with Gasteiger partial charge in [0, 0.05) is 11.7 Å². The van der Waals surface area contributed by atoms with Crippen LogP contribution < -0.4 is 10.6 Å². The van der Waals surface area contributed by atoms with Gasteiger partial charge in [-0.1, -0.05) is 6.92 Å². The van der Waals surface area contributed by atoms with Gasteiger partial charge in [0.2, 0.25) is 11.8 Å². The van der Waals surface area contributed by atoms with E-state index in [9.17, 15) is 14.0 Å². The summed E-state index contributed by atoms with van der Waals surface area (Å²) in [5.74, 6) is -0.698. The van der Waals surface area contributed by atoms with Gasteiger partial charge in [-0.25, -0.2) is 4.39 Å². The molecule has 0 atom stereocenters. The number of nitrogens with one attached hydrogen (secondary N) is 2. The highest BCUT2D eigenvalue weighted by molar-refractivity contribution is 5.92. The molecule has 6 heteroatoms. The number of benzene rings is 1. The number of nitrogens with zero attached hydrogens (tertiary/aromatic N) is 1. The van der Waals surface area contributed by atoms with Crippen molar-refractivity contribution in [3.63, 3.8) is 0 Å². The van der Waals surface area contributed by atoms with Crippen molar-refractivity contribution in [2.45, 2.75) is 26.8 Å². The van der Waals surface area contributed by atoms with Gasteiger partial charge in [0.1, 0.15) is 5.82 Å². The van der Waals surface area contributed by atoms with Gasteiger partial charge >= 0.3 is 0 Å². The fourth-order valence-corrected chi connectivity index (χ4v) is 1.79. The maximum atomic E-state index is 12.8. The van der Waals surface area contributed by atoms with Crippen LogP contribution in [0.1, 0.15) is 20.8 Å². The molecule has 0 heterocycles. The molecule has 1 aromatic carbocycles. The number of likely N-dealkylation sites (N-methyl/N-ethyl adjacent to an activating group) is 1. The minimum atomic E-state index is -0.353. The van der Waals surface area contributed by atoms with E-state index in [-0.39, 0.29) is 36.8 Å². The van der Waals surface area contributed by atoms with Crippen molar-refractivity contribution < 1.29 is 14.0 Å². The molecule has 0 bridgehead atoms. The van der Waals surface area contributed by atoms with Crippen molar-refractivity contribution in [1.29, 1.82) is 0 Å². The molecule has 1 rings (SSSR count). The zero-order chi connectivity index (χ0) is 15.8. The van der Waals surface area contributed by atoms with E-state index in [1.807, 2.05) is 20.8 Å². The van der Waals surface area contributed by atoms with Crippen molar-refractivity contribution in [1.82, 2.24) is 10.2 Å². The molecule has 0 aliphatic carbocycles. The fraction of sp³-hybridized carbons (Fsp3) is 0.467. The Morgan fingerprint density at radius 1 is 1.14 bits per heavy atom. The summed E-state index contributed by atoms with van der Waals surface area (Å²) in [5, 5.41) is 5.45. The Labute approximate surface area is 124 Å². The zero-order valence-electron chi connectivity index (χ0n) is 12.6. The van der Waals surface area contributed by atoms with Gasteiger partial charge in [0.15, 0.2) is 0 Å². The lowest BCUT2D eigenvalue weighted by Crippen LogP contribution is -2.42. The molecule has 0 unspecified atom stereocenters. The number of amides is 2. The van der Waals surface area contributed by atoms with Crippen molar-refractivity contribution in [2.24, 2.45) is 0 Å². The van der Waals surface area contributed by atoms with Crippen LogP contribution in [0.2, 0.25) is 0 Å². The predicted molar refractivity (Wildman–Crippen MR) is 80.4 cm³/mol. The maximum Gasteiger partial charge on any atom is 0.238 e. The summed E-state index contributed by atoms with van der Waals surface area (Å²) in [7, 11) is 0. The lowest BCUT2D eigenvalue weighted by molar-refractivity contribution is -0.123. The molecular weight excluding hydrogens is 273 g/mol. The maximum absolute atomic E-state index is 12.8. The first-order valence-electron chi connectivity index (χ1n) is 6.97. The molecule has 0 fully saturated rings. The summed E-state index contributed by atoms with van der Waals surface area (Å²) in [6, 6.07) is 5.63. The average molecular weight is 295 g/mol. The van der Waals surface area contributed by atoms with Gasteiger partial charge in [0.05, 0.1) is 13.1 Å². The smallest absolute Gasteiger partial charge is 0.238 e. The third-order valence-corrected chi connectivity index (χ3v) is 2.76. The van der Waals surface area contributed by atoms with Gasteiger partial charge in [-0.05, 0) is 44.7 Å². The van der Waals surface area contributed by atoms with Crippen molar-refractivity contribution in [2.75, 3.05) is 25.0 Å². The Bertz CT molecular complexity index is 474. The van der Waals surface area contributed by atoms with Crippen LogP contribution in [-0.2, 0) is 9.59 Å². The Hall–Kier alpha value is -1.95. The molecule has 0 saturated carbocycles. The largest absolute Gasteiger partial charge is 0.353 e. The topological polar surface area (TPSA) is 61.4 Å². The summed E-state index contributed by atoms with van der Waals surface area (Å²) in [6.07, 6.45) is 0. The van der Waals surface area contributed by atoms with Crippen LogP contribution in [0, 0.1) is 5.82 Å². The van der Waals surface area contributed by atoms with Crippen molar-refractivity contribution in [3.8, 4) is 0 Å². The van der Waals surface area contributed by atoms with E-state index in [1.54, 1.807) is 4.90 Å². The van der Waals surface area contributed by atoms with Gasteiger partial charge in [-0.15, -0.1) is 0 Å². The number of halogens is 1. The molecule has 5 nitrogen and oxygen atoms in total. The summed E-state index contributed by atoms with van der Waals surface area (Å²) >= 11 is 0. The summed E-state index contributed by atoms with van der Waals surface area (Å²) in [4.78, 5) is 25.3. The molecule has 0 aromatic heterocycles. The summed E-state index contributed by atoms with van der Waals surface area (Å²) in [6.45, 7) is 6.52. The summed E-state index contributed by atoms with van der Waals surface area (Å²) < 4.78 is 12.8. The SMILES string of the molecule is CCN(CC(=O)Nc1ccc(F)cc1)CC(=O)NC(C)C. The quantitative estimate of drug-likeness (QED) is 0.803. The molecule has 2 amide bonds. The Kier molecular flexibility index (Phi) is 6.81. The highest BCUT2D eigenvalue weighted by Gasteiger charge is 2.13. The Morgan fingerprint density at radius 3 is 2.24 bits per heavy atom. The van der Waals surface area contributed by atoms with Crippen LogP contribution in [0.5, 0.6) is 0 Å². The number of hydrogen-bond donors (Lipinski definition) is 2. The zero-order valence-corrected chi connectivity index (χ0v) is 12.6. The lowest BCUT2D eigenvalue weighted by Gasteiger charge is -2.20. The van der Waals surface area contributed by atoms with Crippen LogP contribution in [-0.4, -0.2) is 42.4 Å². The molecule has 2 N–H and O–H groups in total. The van der Waals surface area contributed by atoms with E-state index < -0.39 is 0 Å². The number of rotatable bonds is 7. The molecule has 0 saturated heterocycles. The molecule has 116 valence electrons. The minimum absolute atomic E-state index is 0.0734. The standard InChI is InChI=1S/C15H22FN3O2/c1-4-19(9-14(20)17-11(2)3)10-15(21)18-13-7-5-12(16)6-8-13/h5-8,11H,4,9-10H2,1-3H3,(H,17,20)(H,18,21). The minimum Gasteiger partial charge on any atom is -0.353 e. The molecule has 21 heavy (non-hydrogen) atoms. The normalized spacial score (nSPS) is 10.8. The molecule has 1 aromatic rings. The van der Waals surface area contributed by atoms with E-state index in [1.165, 1.54) is 24.3 Å². The van der Waals surface area contributed by atoms with Crippen molar-refractivity contribution >= 4 is 17.5 Å². The van der Waals surface area contributed by atoms with E-state index in [4.69, 9.17) is 0 Å². The van der Waals surface area contributed by atoms with E-state index in [0.29, 0.717) is 12.2 Å². The fourth-order valence-electron chi connectivity index (χ4n) is 1.79. The van der Waals surface area contributed by atoms with Gasteiger partial charge in [-0.3, -0.25) is 14.5 Å². The molecule has 0 aliphatic heterocycles. The lowest BCUT2D eigenvalue weighted by atomic mass is 10.3. The first kappa shape index (κ1) is 17.1. The van der Waals surface area contributed by atoms with Crippen LogP contribution in [0.15, 0.2) is 24.3 Å². The average Bonchev–Trinajstić information content (AvgIpc) is 2.39. The van der Waals surface area contributed by atoms with Crippen molar-refractivity contribution in [3.05, 3.63) is 30.1 Å². The van der Waals surface area contributed by atoms with Gasteiger partial charge < -0.3 is 10.6 Å². The summed E-state index contributed by atoms with van der Waals surface area (Å²) in [5.41, 5.74) is 0.532. The van der Waals surface area contributed by atoms with Crippen LogP contribution in [0.25, 0.3) is 0 Å². The highest BCUT2D eigenvalue weighted by atomic mass is 19.1. The second kappa shape index (κ2) is 8.36. The third-order valence-electron chi connectivity index (χ3n) is 2.76. The van der Waals surface area contributed by atoms with E-state index in [2.05, 4.69) is 10.6 Å². The second-order valence-corrected chi connectivity index (χ2v) is 5.08. The first-order valence-corrected chi connectivity index (χ1v) is 6.97. The first-order chi connectivity index (χ1) is 9.90. The van der Waals surface area contributed by atoms with Crippen LogP contribution >= 0.6 is 0 Å². The Balaban J connectivity index is 2.47. The predicted octanol–water partition coefficient (Wildman–Crippen LogP) is 1.61.